The molecule has 2 atom stereocenters. The standard InChI is InChI=1S/C18H22N2O5/c1-12-7-14(25-19-12)8-13-9-20(10-15(13)21)18(22)11-24-17-6-4-3-5-16(17)23-2/h3-7,13,15,21H,8-11H2,1-2H3/t13-,15-/m1/s1. The summed E-state index contributed by atoms with van der Waals surface area (Å²) in [5, 5.41) is 14.1. The highest BCUT2D eigenvalue weighted by molar-refractivity contribution is 5.78. The minimum Gasteiger partial charge on any atom is -0.493 e. The predicted molar refractivity (Wildman–Crippen MR) is 89.5 cm³/mol. The molecular weight excluding hydrogens is 324 g/mol. The van der Waals surface area contributed by atoms with Gasteiger partial charge in [0, 0.05) is 31.5 Å². The number of carbonyl (C=O) groups excluding carboxylic acids is 1. The number of rotatable bonds is 6. The molecule has 7 heteroatoms. The second-order valence-corrected chi connectivity index (χ2v) is 6.20. The zero-order chi connectivity index (χ0) is 17.8. The van der Waals surface area contributed by atoms with E-state index in [0.717, 1.165) is 11.5 Å². The Bertz CT molecular complexity index is 730. The second-order valence-electron chi connectivity index (χ2n) is 6.20. The van der Waals surface area contributed by atoms with Crippen LogP contribution in [-0.2, 0) is 11.2 Å². The Morgan fingerprint density at radius 1 is 1.36 bits per heavy atom. The van der Waals surface area contributed by atoms with Crippen molar-refractivity contribution in [2.45, 2.75) is 19.4 Å². The number of benzene rings is 1. The van der Waals surface area contributed by atoms with Crippen LogP contribution in [0.3, 0.4) is 0 Å². The third-order valence-corrected chi connectivity index (χ3v) is 4.32. The lowest BCUT2D eigenvalue weighted by atomic mass is 10.0. The van der Waals surface area contributed by atoms with Crippen molar-refractivity contribution in [2.24, 2.45) is 5.92 Å². The Kier molecular flexibility index (Phi) is 5.23. The lowest BCUT2D eigenvalue weighted by Gasteiger charge is -2.17. The Balaban J connectivity index is 1.54. The third kappa shape index (κ3) is 4.11. The number of carbonyl (C=O) groups is 1. The number of aryl methyl sites for hydroxylation is 1. The van der Waals surface area contributed by atoms with Gasteiger partial charge in [-0.15, -0.1) is 0 Å². The highest BCUT2D eigenvalue weighted by Gasteiger charge is 2.34. The first-order valence-corrected chi connectivity index (χ1v) is 8.20. The van der Waals surface area contributed by atoms with Crippen molar-refractivity contribution in [2.75, 3.05) is 26.8 Å². The minimum absolute atomic E-state index is 0.0671. The van der Waals surface area contributed by atoms with Gasteiger partial charge in [-0.25, -0.2) is 0 Å². The van der Waals surface area contributed by atoms with E-state index >= 15 is 0 Å². The molecular formula is C18H22N2O5. The van der Waals surface area contributed by atoms with E-state index in [-0.39, 0.29) is 18.4 Å². The number of methoxy groups -OCH3 is 1. The number of amides is 1. The number of aromatic nitrogens is 1. The Hall–Kier alpha value is -2.54. The van der Waals surface area contributed by atoms with Gasteiger partial charge < -0.3 is 24.0 Å². The molecule has 2 heterocycles. The van der Waals surface area contributed by atoms with Gasteiger partial charge in [0.2, 0.25) is 0 Å². The van der Waals surface area contributed by atoms with Gasteiger partial charge in [0.15, 0.2) is 18.1 Å². The van der Waals surface area contributed by atoms with E-state index in [2.05, 4.69) is 5.16 Å². The molecule has 1 aromatic carbocycles. The molecule has 134 valence electrons. The Morgan fingerprint density at radius 3 is 2.80 bits per heavy atom. The summed E-state index contributed by atoms with van der Waals surface area (Å²) in [5.74, 6) is 1.59. The number of likely N-dealkylation sites (tertiary alicyclic amines) is 1. The summed E-state index contributed by atoms with van der Waals surface area (Å²) < 4.78 is 16.0. The van der Waals surface area contributed by atoms with Gasteiger partial charge in [-0.1, -0.05) is 17.3 Å². The molecule has 1 aliphatic rings. The van der Waals surface area contributed by atoms with Gasteiger partial charge in [0.25, 0.3) is 5.91 Å². The number of ether oxygens (including phenoxy) is 2. The molecule has 3 rings (SSSR count). The van der Waals surface area contributed by atoms with Crippen LogP contribution in [-0.4, -0.2) is 54.0 Å². The third-order valence-electron chi connectivity index (χ3n) is 4.32. The van der Waals surface area contributed by atoms with Gasteiger partial charge in [-0.2, -0.15) is 0 Å². The summed E-state index contributed by atoms with van der Waals surface area (Å²) in [5.41, 5.74) is 0.806. The van der Waals surface area contributed by atoms with Crippen molar-refractivity contribution in [3.05, 3.63) is 41.8 Å². The van der Waals surface area contributed by atoms with E-state index in [1.807, 2.05) is 25.1 Å². The second kappa shape index (κ2) is 7.57. The summed E-state index contributed by atoms with van der Waals surface area (Å²) in [7, 11) is 1.55. The summed E-state index contributed by atoms with van der Waals surface area (Å²) in [6.45, 7) is 2.52. The molecule has 25 heavy (non-hydrogen) atoms. The van der Waals surface area contributed by atoms with E-state index in [0.29, 0.717) is 31.0 Å². The predicted octanol–water partition coefficient (Wildman–Crippen LogP) is 1.43. The van der Waals surface area contributed by atoms with E-state index < -0.39 is 6.10 Å². The van der Waals surface area contributed by atoms with Crippen LogP contribution in [0.1, 0.15) is 11.5 Å². The molecule has 1 aliphatic heterocycles. The van der Waals surface area contributed by atoms with Crippen LogP contribution in [0.5, 0.6) is 11.5 Å². The minimum atomic E-state index is -0.583. The van der Waals surface area contributed by atoms with Gasteiger partial charge in [0.05, 0.1) is 18.9 Å². The fourth-order valence-corrected chi connectivity index (χ4v) is 3.00. The van der Waals surface area contributed by atoms with Crippen LogP contribution >= 0.6 is 0 Å². The normalized spacial score (nSPS) is 19.9. The molecule has 0 saturated carbocycles. The molecule has 1 saturated heterocycles. The lowest BCUT2D eigenvalue weighted by molar-refractivity contribution is -0.132. The number of nitrogens with zero attached hydrogens (tertiary/aromatic N) is 2. The summed E-state index contributed by atoms with van der Waals surface area (Å²) >= 11 is 0. The molecule has 0 bridgehead atoms. The fourth-order valence-electron chi connectivity index (χ4n) is 3.00. The molecule has 1 N–H and O–H groups in total. The fraction of sp³-hybridized carbons (Fsp3) is 0.444. The SMILES string of the molecule is COc1ccccc1OCC(=O)N1C[C@@H](Cc2cc(C)no2)[C@H](O)C1. The number of aliphatic hydroxyl groups excluding tert-OH is 1. The number of aliphatic hydroxyl groups is 1. The van der Waals surface area contributed by atoms with E-state index in [1.165, 1.54) is 0 Å². The monoisotopic (exact) mass is 346 g/mol. The molecule has 1 amide bonds. The van der Waals surface area contributed by atoms with Crippen molar-refractivity contribution >= 4 is 5.91 Å². The van der Waals surface area contributed by atoms with Crippen LogP contribution in [0, 0.1) is 12.8 Å². The number of hydrogen-bond donors (Lipinski definition) is 1. The molecule has 1 aromatic heterocycles. The number of hydrogen-bond acceptors (Lipinski definition) is 6. The summed E-state index contributed by atoms with van der Waals surface area (Å²) in [6.07, 6.45) is -0.0280. The summed E-state index contributed by atoms with van der Waals surface area (Å²) in [4.78, 5) is 14.0. The molecule has 1 fully saturated rings. The average molecular weight is 346 g/mol. The quantitative estimate of drug-likeness (QED) is 0.852. The van der Waals surface area contributed by atoms with Gasteiger partial charge in [0.1, 0.15) is 5.76 Å². The molecule has 0 spiro atoms. The van der Waals surface area contributed by atoms with Gasteiger partial charge >= 0.3 is 0 Å². The van der Waals surface area contributed by atoms with Gasteiger partial charge in [-0.3, -0.25) is 4.79 Å². The molecule has 0 unspecified atom stereocenters. The van der Waals surface area contributed by atoms with Crippen LogP contribution in [0.25, 0.3) is 0 Å². The first-order valence-electron chi connectivity index (χ1n) is 8.20. The van der Waals surface area contributed by atoms with E-state index in [1.54, 1.807) is 24.1 Å². The maximum Gasteiger partial charge on any atom is 0.260 e. The van der Waals surface area contributed by atoms with Crippen LogP contribution in [0.4, 0.5) is 0 Å². The van der Waals surface area contributed by atoms with E-state index in [4.69, 9.17) is 14.0 Å². The first-order chi connectivity index (χ1) is 12.1. The van der Waals surface area contributed by atoms with Crippen LogP contribution < -0.4 is 9.47 Å². The highest BCUT2D eigenvalue weighted by atomic mass is 16.5. The Labute approximate surface area is 146 Å². The lowest BCUT2D eigenvalue weighted by Crippen LogP contribution is -2.33. The first kappa shape index (κ1) is 17.3. The van der Waals surface area contributed by atoms with Gasteiger partial charge in [-0.05, 0) is 19.1 Å². The Morgan fingerprint density at radius 2 is 2.12 bits per heavy atom. The average Bonchev–Trinajstić information content (AvgIpc) is 3.19. The van der Waals surface area contributed by atoms with Crippen molar-refractivity contribution in [3.63, 3.8) is 0 Å². The van der Waals surface area contributed by atoms with Crippen molar-refractivity contribution in [1.29, 1.82) is 0 Å². The maximum absolute atomic E-state index is 12.4. The maximum atomic E-state index is 12.4. The number of para-hydroxylation sites is 2. The zero-order valence-electron chi connectivity index (χ0n) is 14.3. The van der Waals surface area contributed by atoms with Crippen molar-refractivity contribution in [1.82, 2.24) is 10.1 Å². The summed E-state index contributed by atoms with van der Waals surface area (Å²) in [6, 6.07) is 9.02. The van der Waals surface area contributed by atoms with Crippen molar-refractivity contribution < 1.29 is 23.9 Å². The largest absolute Gasteiger partial charge is 0.493 e. The smallest absolute Gasteiger partial charge is 0.260 e. The number of β-amino-alcohol motifs (C(OH)–C–C–N with tert-alkyl or cyclic N) is 1. The highest BCUT2D eigenvalue weighted by Crippen LogP contribution is 2.26. The molecule has 7 nitrogen and oxygen atoms in total. The van der Waals surface area contributed by atoms with Crippen LogP contribution in [0.2, 0.25) is 0 Å². The topological polar surface area (TPSA) is 85.0 Å². The molecule has 0 aliphatic carbocycles. The van der Waals surface area contributed by atoms with Crippen molar-refractivity contribution in [3.8, 4) is 11.5 Å². The molecule has 0 radical (unpaired) electrons. The zero-order valence-corrected chi connectivity index (χ0v) is 14.3. The molecule has 2 aromatic rings. The van der Waals surface area contributed by atoms with Crippen LogP contribution in [0.15, 0.2) is 34.9 Å². The van der Waals surface area contributed by atoms with E-state index in [9.17, 15) is 9.90 Å².